The van der Waals surface area contributed by atoms with Gasteiger partial charge in [-0.2, -0.15) is 0 Å². The van der Waals surface area contributed by atoms with Crippen LogP contribution in [0.3, 0.4) is 0 Å². The molecule has 0 unspecified atom stereocenters. The average Bonchev–Trinajstić information content (AvgIpc) is 2.50. The zero-order valence-electron chi connectivity index (χ0n) is 11.0. The second-order valence-corrected chi connectivity index (χ2v) is 5.11. The third kappa shape index (κ3) is 3.20. The molecule has 2 aromatic heterocycles. The summed E-state index contributed by atoms with van der Waals surface area (Å²) >= 11 is 2.32. The maximum atomic E-state index is 5.83. The molecule has 0 aliphatic rings. The predicted molar refractivity (Wildman–Crippen MR) is 81.6 cm³/mol. The number of nitrogens with two attached hydrogens (primary N) is 1. The third-order valence-electron chi connectivity index (χ3n) is 2.78. The van der Waals surface area contributed by atoms with Gasteiger partial charge >= 0.3 is 130 Å². The number of ether oxygens (including phenoxy) is 1. The van der Waals surface area contributed by atoms with Crippen LogP contribution < -0.4 is 15.1 Å². The Bertz CT molecular complexity index is 762. The third-order valence-corrected chi connectivity index (χ3v) is 3.24. The summed E-state index contributed by atoms with van der Waals surface area (Å²) in [4.78, 5) is 12.7. The van der Waals surface area contributed by atoms with Crippen molar-refractivity contribution in [1.29, 1.82) is 0 Å². The van der Waals surface area contributed by atoms with Gasteiger partial charge in [0.15, 0.2) is 0 Å². The molecule has 21 heavy (non-hydrogen) atoms. The summed E-state index contributed by atoms with van der Waals surface area (Å²) < 4.78 is 6.47. The molecule has 0 fully saturated rings. The van der Waals surface area contributed by atoms with Gasteiger partial charge in [-0.15, -0.1) is 0 Å². The molecule has 0 aliphatic carbocycles. The van der Waals surface area contributed by atoms with Gasteiger partial charge < -0.3 is 0 Å². The number of benzene rings is 1. The summed E-state index contributed by atoms with van der Waals surface area (Å²) in [6.07, 6.45) is 3.39. The molecule has 0 saturated carbocycles. The van der Waals surface area contributed by atoms with Gasteiger partial charge in [0.05, 0.1) is 0 Å². The number of nitrogen functional groups attached to an aromatic ring is 1. The maximum absolute atomic E-state index is 5.83. The number of nitrogens with zero attached hydrogens (tertiary/aromatic N) is 3. The van der Waals surface area contributed by atoms with Crippen molar-refractivity contribution in [3.8, 4) is 22.9 Å². The van der Waals surface area contributed by atoms with Crippen LogP contribution in [0.15, 0.2) is 54.9 Å². The molecule has 3 rings (SSSR count). The van der Waals surface area contributed by atoms with Gasteiger partial charge in [0.2, 0.25) is 0 Å². The van der Waals surface area contributed by atoms with Crippen LogP contribution in [0.1, 0.15) is 0 Å². The Labute approximate surface area is 130 Å². The molecule has 2 heterocycles. The zero-order valence-corrected chi connectivity index (χ0v) is 12.8. The van der Waals surface area contributed by atoms with Crippen LogP contribution in [0, 0.1) is 0 Å². The van der Waals surface area contributed by atoms with Gasteiger partial charge in [0, 0.05) is 0 Å². The van der Waals surface area contributed by atoms with Crippen LogP contribution in [0.4, 0.5) is 5.69 Å². The summed E-state index contributed by atoms with van der Waals surface area (Å²) in [7, 11) is 0. The molecule has 2 radical (unpaired) electrons. The van der Waals surface area contributed by atoms with E-state index in [2.05, 4.69) is 31.8 Å². The fourth-order valence-electron chi connectivity index (χ4n) is 1.81. The van der Waals surface area contributed by atoms with Crippen LogP contribution in [-0.4, -0.2) is 31.8 Å². The van der Waals surface area contributed by atoms with Gasteiger partial charge in [-0.05, 0) is 0 Å². The number of pyridine rings is 1. The first-order valence-electron chi connectivity index (χ1n) is 6.23. The van der Waals surface area contributed by atoms with E-state index >= 15 is 0 Å². The fraction of sp³-hybridized carbons (Fsp3) is 0. The van der Waals surface area contributed by atoms with Crippen molar-refractivity contribution in [2.75, 3.05) is 5.73 Å². The van der Waals surface area contributed by atoms with Crippen molar-refractivity contribution in [3.63, 3.8) is 0 Å². The van der Waals surface area contributed by atoms with Crippen LogP contribution >= 0.6 is 0 Å². The van der Waals surface area contributed by atoms with Crippen molar-refractivity contribution >= 4 is 27.2 Å². The Hall–Kier alpha value is -2.39. The second kappa shape index (κ2) is 5.93. The normalized spacial score (nSPS) is 10.3. The van der Waals surface area contributed by atoms with E-state index < -0.39 is 0 Å². The van der Waals surface area contributed by atoms with Crippen LogP contribution in [0.25, 0.3) is 11.3 Å². The first kappa shape index (κ1) is 13.6. The quantitative estimate of drug-likeness (QED) is 0.581. The van der Waals surface area contributed by atoms with E-state index in [9.17, 15) is 0 Å². The van der Waals surface area contributed by atoms with Crippen LogP contribution in [0.2, 0.25) is 0 Å². The molecule has 3 aromatic rings. The SMILES string of the molecule is Nc1ccc(Oc2ncccc2-c2ccnc([As])n2)cc1. The standard InChI is InChI=1S/C15H11AsN4O/c16-15-19-9-7-13(20-15)12-2-1-8-18-14(12)21-11-5-3-10(17)4-6-11/h1-9H,17H2. The first-order valence-corrected chi connectivity index (χ1v) is 7.17. The second-order valence-electron chi connectivity index (χ2n) is 4.27. The molecule has 102 valence electrons. The summed E-state index contributed by atoms with van der Waals surface area (Å²) in [6.45, 7) is 0. The molecule has 5 nitrogen and oxygen atoms in total. The van der Waals surface area contributed by atoms with Crippen molar-refractivity contribution in [1.82, 2.24) is 15.0 Å². The summed E-state index contributed by atoms with van der Waals surface area (Å²) in [5.74, 6) is 1.17. The Balaban J connectivity index is 1.98. The summed E-state index contributed by atoms with van der Waals surface area (Å²) in [5.41, 5.74) is 7.93. The topological polar surface area (TPSA) is 73.9 Å². The molecule has 0 amide bonds. The van der Waals surface area contributed by atoms with Crippen molar-refractivity contribution < 1.29 is 4.74 Å². The molecule has 6 heteroatoms. The van der Waals surface area contributed by atoms with Gasteiger partial charge in [0.1, 0.15) is 0 Å². The van der Waals surface area contributed by atoms with Gasteiger partial charge in [-0.25, -0.2) is 0 Å². The number of anilines is 1. The Morgan fingerprint density at radius 1 is 0.952 bits per heavy atom. The monoisotopic (exact) mass is 338 g/mol. The molecule has 1 aromatic carbocycles. The Morgan fingerprint density at radius 3 is 2.52 bits per heavy atom. The van der Waals surface area contributed by atoms with Crippen LogP contribution in [0.5, 0.6) is 11.6 Å². The molecule has 0 spiro atoms. The van der Waals surface area contributed by atoms with Crippen molar-refractivity contribution in [2.24, 2.45) is 0 Å². The fourth-order valence-corrected chi connectivity index (χ4v) is 2.18. The van der Waals surface area contributed by atoms with Crippen molar-refractivity contribution in [2.45, 2.75) is 0 Å². The number of rotatable bonds is 3. The molecular formula is C15H11AsN4O. The molecule has 0 aliphatic heterocycles. The van der Waals surface area contributed by atoms with E-state index in [1.165, 1.54) is 0 Å². The number of hydrogen-bond acceptors (Lipinski definition) is 5. The van der Waals surface area contributed by atoms with E-state index in [4.69, 9.17) is 10.5 Å². The summed E-state index contributed by atoms with van der Waals surface area (Å²) in [6, 6.07) is 12.7. The Kier molecular flexibility index (Phi) is 3.84. The molecule has 0 saturated heterocycles. The molecule has 0 bridgehead atoms. The van der Waals surface area contributed by atoms with E-state index in [0.717, 1.165) is 11.3 Å². The molecule has 0 atom stereocenters. The Morgan fingerprint density at radius 2 is 1.76 bits per heavy atom. The van der Waals surface area contributed by atoms with E-state index in [1.807, 2.05) is 18.2 Å². The van der Waals surface area contributed by atoms with Crippen molar-refractivity contribution in [3.05, 3.63) is 54.9 Å². The van der Waals surface area contributed by atoms with Crippen LogP contribution in [-0.2, 0) is 0 Å². The van der Waals surface area contributed by atoms with Gasteiger partial charge in [-0.3, -0.25) is 0 Å². The molecule has 2 N–H and O–H groups in total. The van der Waals surface area contributed by atoms with Gasteiger partial charge in [-0.1, -0.05) is 0 Å². The minimum atomic E-state index is 0.493. The van der Waals surface area contributed by atoms with Gasteiger partial charge in [0.25, 0.3) is 0 Å². The zero-order chi connectivity index (χ0) is 14.7. The summed E-state index contributed by atoms with van der Waals surface area (Å²) in [5, 5.41) is 0. The number of aromatic nitrogens is 3. The minimum absolute atomic E-state index is 0.493. The average molecular weight is 338 g/mol. The number of hydrogen-bond donors (Lipinski definition) is 1. The molecular weight excluding hydrogens is 327 g/mol. The van der Waals surface area contributed by atoms with E-state index in [0.29, 0.717) is 21.9 Å². The van der Waals surface area contributed by atoms with E-state index in [-0.39, 0.29) is 0 Å². The van der Waals surface area contributed by atoms with E-state index in [1.54, 1.807) is 36.7 Å². The first-order chi connectivity index (χ1) is 10.2. The predicted octanol–water partition coefficient (Wildman–Crippen LogP) is 1.71.